The molecule has 0 aliphatic carbocycles. The number of aromatic nitrogens is 2. The number of carbonyl (C=O) groups is 1. The van der Waals surface area contributed by atoms with Gasteiger partial charge >= 0.3 is 5.69 Å². The van der Waals surface area contributed by atoms with Crippen molar-refractivity contribution in [1.82, 2.24) is 15.3 Å². The van der Waals surface area contributed by atoms with Crippen LogP contribution in [0.15, 0.2) is 33.9 Å². The van der Waals surface area contributed by atoms with Gasteiger partial charge < -0.3 is 10.3 Å². The van der Waals surface area contributed by atoms with Crippen molar-refractivity contribution in [3.63, 3.8) is 0 Å². The largest absolute Gasteiger partial charge is 0.352 e. The van der Waals surface area contributed by atoms with Crippen molar-refractivity contribution in [1.29, 1.82) is 0 Å². The molecule has 0 saturated carbocycles. The Morgan fingerprint density at radius 3 is 2.64 bits per heavy atom. The van der Waals surface area contributed by atoms with Crippen molar-refractivity contribution < 1.29 is 4.79 Å². The summed E-state index contributed by atoms with van der Waals surface area (Å²) in [6.45, 7) is 1.97. The maximum absolute atomic E-state index is 11.9. The molecular weight excluding hydrogens is 306 g/mol. The SMILES string of the molecule is Cc1[nH]c(=O)[nH]c(=O)c1CCC(=O)NCc1ccccc1Cl. The Hall–Kier alpha value is -2.34. The second-order valence-corrected chi connectivity index (χ2v) is 5.29. The topological polar surface area (TPSA) is 94.8 Å². The maximum Gasteiger partial charge on any atom is 0.325 e. The molecule has 1 aromatic heterocycles. The number of H-pyrrole nitrogens is 2. The molecule has 6 nitrogen and oxygen atoms in total. The molecule has 0 fully saturated rings. The molecule has 0 bridgehead atoms. The third kappa shape index (κ3) is 4.08. The Morgan fingerprint density at radius 1 is 1.23 bits per heavy atom. The van der Waals surface area contributed by atoms with Gasteiger partial charge in [-0.3, -0.25) is 14.6 Å². The first-order valence-corrected chi connectivity index (χ1v) is 7.17. The van der Waals surface area contributed by atoms with E-state index in [1.165, 1.54) is 0 Å². The third-order valence-corrected chi connectivity index (χ3v) is 3.66. The van der Waals surface area contributed by atoms with E-state index in [0.29, 0.717) is 22.8 Å². The van der Waals surface area contributed by atoms with E-state index in [1.54, 1.807) is 13.0 Å². The lowest BCUT2D eigenvalue weighted by molar-refractivity contribution is -0.121. The van der Waals surface area contributed by atoms with Gasteiger partial charge in [0.2, 0.25) is 5.91 Å². The van der Waals surface area contributed by atoms with Gasteiger partial charge in [-0.15, -0.1) is 0 Å². The van der Waals surface area contributed by atoms with E-state index in [4.69, 9.17) is 11.6 Å². The predicted octanol–water partition coefficient (Wildman–Crippen LogP) is 1.27. The van der Waals surface area contributed by atoms with Crippen molar-refractivity contribution in [2.45, 2.75) is 26.3 Å². The lowest BCUT2D eigenvalue weighted by Crippen LogP contribution is -2.29. The lowest BCUT2D eigenvalue weighted by atomic mass is 10.1. The Kier molecular flexibility index (Phi) is 5.16. The third-order valence-electron chi connectivity index (χ3n) is 3.29. The first kappa shape index (κ1) is 16.0. The van der Waals surface area contributed by atoms with Gasteiger partial charge in [0.25, 0.3) is 5.56 Å². The summed E-state index contributed by atoms with van der Waals surface area (Å²) in [4.78, 5) is 39.3. The van der Waals surface area contributed by atoms with Crippen molar-refractivity contribution in [3.8, 4) is 0 Å². The van der Waals surface area contributed by atoms with E-state index in [2.05, 4.69) is 15.3 Å². The van der Waals surface area contributed by atoms with E-state index in [-0.39, 0.29) is 18.7 Å². The Morgan fingerprint density at radius 2 is 1.95 bits per heavy atom. The number of aryl methyl sites for hydroxylation is 1. The van der Waals surface area contributed by atoms with Gasteiger partial charge in [0, 0.05) is 29.2 Å². The number of carbonyl (C=O) groups excluding carboxylic acids is 1. The molecule has 2 aromatic rings. The number of halogens is 1. The molecule has 0 aliphatic rings. The highest BCUT2D eigenvalue weighted by Crippen LogP contribution is 2.14. The van der Waals surface area contributed by atoms with Crippen LogP contribution in [0.1, 0.15) is 23.2 Å². The number of rotatable bonds is 5. The van der Waals surface area contributed by atoms with Crippen LogP contribution in [0.2, 0.25) is 5.02 Å². The lowest BCUT2D eigenvalue weighted by Gasteiger charge is -2.07. The minimum Gasteiger partial charge on any atom is -0.352 e. The van der Waals surface area contributed by atoms with Gasteiger partial charge in [0.1, 0.15) is 0 Å². The highest BCUT2D eigenvalue weighted by atomic mass is 35.5. The van der Waals surface area contributed by atoms with Gasteiger partial charge in [-0.2, -0.15) is 0 Å². The van der Waals surface area contributed by atoms with Gasteiger partial charge in [-0.05, 0) is 25.0 Å². The zero-order chi connectivity index (χ0) is 16.1. The van der Waals surface area contributed by atoms with Crippen LogP contribution in [0.4, 0.5) is 0 Å². The molecule has 116 valence electrons. The minimum absolute atomic E-state index is 0.153. The quantitative estimate of drug-likeness (QED) is 0.774. The van der Waals surface area contributed by atoms with Gasteiger partial charge in [0.15, 0.2) is 0 Å². The average molecular weight is 322 g/mol. The molecule has 0 aliphatic heterocycles. The van der Waals surface area contributed by atoms with Crippen LogP contribution in [0, 0.1) is 6.92 Å². The van der Waals surface area contributed by atoms with E-state index in [0.717, 1.165) is 5.56 Å². The van der Waals surface area contributed by atoms with Crippen LogP contribution in [-0.2, 0) is 17.8 Å². The summed E-state index contributed by atoms with van der Waals surface area (Å²) >= 11 is 6.01. The normalized spacial score (nSPS) is 10.5. The second-order valence-electron chi connectivity index (χ2n) is 4.88. The second kappa shape index (κ2) is 7.09. The Bertz CT molecular complexity index is 795. The average Bonchev–Trinajstić information content (AvgIpc) is 2.45. The van der Waals surface area contributed by atoms with Crippen LogP contribution >= 0.6 is 11.6 Å². The number of nitrogens with one attached hydrogen (secondary N) is 3. The van der Waals surface area contributed by atoms with Crippen molar-refractivity contribution in [3.05, 3.63) is 66.9 Å². The molecule has 0 saturated heterocycles. The maximum atomic E-state index is 11.9. The van der Waals surface area contributed by atoms with Gasteiger partial charge in [-0.1, -0.05) is 29.8 Å². The van der Waals surface area contributed by atoms with Crippen LogP contribution in [-0.4, -0.2) is 15.9 Å². The highest BCUT2D eigenvalue weighted by Gasteiger charge is 2.09. The summed E-state index contributed by atoms with van der Waals surface area (Å²) < 4.78 is 0. The molecule has 7 heteroatoms. The molecule has 0 unspecified atom stereocenters. The first-order valence-electron chi connectivity index (χ1n) is 6.79. The molecule has 1 heterocycles. The van der Waals surface area contributed by atoms with Crippen molar-refractivity contribution in [2.24, 2.45) is 0 Å². The summed E-state index contributed by atoms with van der Waals surface area (Å²) in [5, 5.41) is 3.35. The first-order chi connectivity index (χ1) is 10.5. The molecule has 0 atom stereocenters. The number of hydrogen-bond donors (Lipinski definition) is 3. The fourth-order valence-corrected chi connectivity index (χ4v) is 2.29. The summed E-state index contributed by atoms with van der Waals surface area (Å²) in [6.07, 6.45) is 0.409. The predicted molar refractivity (Wildman–Crippen MR) is 84.0 cm³/mol. The van der Waals surface area contributed by atoms with Crippen LogP contribution in [0.5, 0.6) is 0 Å². The molecule has 0 spiro atoms. The fraction of sp³-hybridized carbons (Fsp3) is 0.267. The number of aromatic amines is 2. The molecule has 22 heavy (non-hydrogen) atoms. The number of hydrogen-bond acceptors (Lipinski definition) is 3. The standard InChI is InChI=1S/C15H16ClN3O3/c1-9-11(14(21)19-15(22)18-9)6-7-13(20)17-8-10-4-2-3-5-12(10)16/h2-5H,6-8H2,1H3,(H,17,20)(H2,18,19,21,22). The van der Waals surface area contributed by atoms with Crippen molar-refractivity contribution >= 4 is 17.5 Å². The van der Waals surface area contributed by atoms with Crippen LogP contribution in [0.25, 0.3) is 0 Å². The fourth-order valence-electron chi connectivity index (χ4n) is 2.09. The van der Waals surface area contributed by atoms with E-state index >= 15 is 0 Å². The molecule has 0 radical (unpaired) electrons. The summed E-state index contributed by atoms with van der Waals surface area (Å²) in [5.41, 5.74) is 0.713. The zero-order valence-corrected chi connectivity index (χ0v) is 12.8. The smallest absolute Gasteiger partial charge is 0.325 e. The van der Waals surface area contributed by atoms with Crippen molar-refractivity contribution in [2.75, 3.05) is 0 Å². The highest BCUT2D eigenvalue weighted by molar-refractivity contribution is 6.31. The van der Waals surface area contributed by atoms with E-state index < -0.39 is 11.2 Å². The molecular formula is C15H16ClN3O3. The summed E-state index contributed by atoms with van der Waals surface area (Å²) in [5.74, 6) is -0.190. The summed E-state index contributed by atoms with van der Waals surface area (Å²) in [6, 6.07) is 7.25. The number of amides is 1. The molecule has 3 N–H and O–H groups in total. The summed E-state index contributed by atoms with van der Waals surface area (Å²) in [7, 11) is 0. The van der Waals surface area contributed by atoms with E-state index in [9.17, 15) is 14.4 Å². The van der Waals surface area contributed by atoms with Crippen LogP contribution < -0.4 is 16.6 Å². The minimum atomic E-state index is -0.547. The molecule has 1 amide bonds. The van der Waals surface area contributed by atoms with E-state index in [1.807, 2.05) is 18.2 Å². The Balaban J connectivity index is 1.93. The van der Waals surface area contributed by atoms with Crippen LogP contribution in [0.3, 0.4) is 0 Å². The molecule has 1 aromatic carbocycles. The van der Waals surface area contributed by atoms with Gasteiger partial charge in [-0.25, -0.2) is 4.79 Å². The molecule has 2 rings (SSSR count). The zero-order valence-electron chi connectivity index (χ0n) is 12.0. The Labute approximate surface area is 131 Å². The van der Waals surface area contributed by atoms with Gasteiger partial charge in [0.05, 0.1) is 0 Å². The monoisotopic (exact) mass is 321 g/mol. The number of benzene rings is 1.